The van der Waals surface area contributed by atoms with Crippen LogP contribution in [0.15, 0.2) is 48.7 Å². The number of alkyl halides is 2. The molecule has 1 aromatic carbocycles. The highest BCUT2D eigenvalue weighted by Crippen LogP contribution is 2.33. The quantitative estimate of drug-likeness (QED) is 0.340. The van der Waals surface area contributed by atoms with Gasteiger partial charge in [-0.3, -0.25) is 9.88 Å². The zero-order valence-electron chi connectivity index (χ0n) is 21.8. The Bertz CT molecular complexity index is 1290. The molecule has 0 atom stereocenters. The average molecular weight is 492 g/mol. The normalized spacial score (nSPS) is 14.3. The molecule has 1 aliphatic rings. The molecule has 5 rings (SSSR count). The minimum absolute atomic E-state index is 0.150. The number of rotatable bonds is 5. The van der Waals surface area contributed by atoms with E-state index in [-0.39, 0.29) is 6.54 Å². The van der Waals surface area contributed by atoms with E-state index in [4.69, 9.17) is 0 Å². The molecular weight excluding hydrogens is 456 g/mol. The number of H-pyrrole nitrogens is 1. The first-order valence-corrected chi connectivity index (χ1v) is 12.7. The topological polar surface area (TPSA) is 48.1 Å². The fraction of sp³-hybridized carbons (Fsp3) is 0.379. The zero-order valence-corrected chi connectivity index (χ0v) is 21.8. The van der Waals surface area contributed by atoms with Crippen molar-refractivity contribution in [1.29, 1.82) is 0 Å². The summed E-state index contributed by atoms with van der Waals surface area (Å²) in [4.78, 5) is 16.8. The predicted octanol–water partition coefficient (Wildman–Crippen LogP) is 6.63. The molecule has 1 aliphatic heterocycles. The molecule has 190 valence electrons. The molecule has 0 unspecified atom stereocenters. The van der Waals surface area contributed by atoms with Gasteiger partial charge >= 0.3 is 0 Å². The Labute approximate surface area is 212 Å². The van der Waals surface area contributed by atoms with Crippen molar-refractivity contribution in [2.75, 3.05) is 37.6 Å². The first-order chi connectivity index (χ1) is 17.4. The van der Waals surface area contributed by atoms with Crippen LogP contribution in [0.3, 0.4) is 0 Å². The fourth-order valence-corrected chi connectivity index (χ4v) is 4.88. The molecule has 0 bridgehead atoms. The Hall–Kier alpha value is -3.32. The molecule has 4 aromatic rings. The molecule has 36 heavy (non-hydrogen) atoms. The number of aromatic nitrogens is 3. The summed E-state index contributed by atoms with van der Waals surface area (Å²) in [7, 11) is 0. The number of aryl methyl sites for hydroxylation is 3. The van der Waals surface area contributed by atoms with Crippen molar-refractivity contribution in [1.82, 2.24) is 19.9 Å². The highest BCUT2D eigenvalue weighted by Gasteiger charge is 2.20. The lowest BCUT2D eigenvalue weighted by Gasteiger charge is -2.35. The Balaban J connectivity index is 0.00000148. The number of fused-ring (bicyclic) bond motifs is 1. The SMILES string of the molecule is CC.Cc1cc(-c2[nH]c3cc(-c4ccc(N5CCN(CC(F)F)CC5)nc4)ccc3c2C)cc(C)n1. The second-order valence-electron chi connectivity index (χ2n) is 9.11. The van der Waals surface area contributed by atoms with E-state index >= 15 is 0 Å². The van der Waals surface area contributed by atoms with Crippen LogP contribution >= 0.6 is 0 Å². The summed E-state index contributed by atoms with van der Waals surface area (Å²) >= 11 is 0. The molecule has 4 heterocycles. The van der Waals surface area contributed by atoms with E-state index in [1.54, 1.807) is 0 Å². The molecule has 5 nitrogen and oxygen atoms in total. The molecule has 0 spiro atoms. The number of anilines is 1. The zero-order chi connectivity index (χ0) is 25.8. The molecule has 1 fully saturated rings. The largest absolute Gasteiger partial charge is 0.354 e. The van der Waals surface area contributed by atoms with Crippen molar-refractivity contribution >= 4 is 16.7 Å². The van der Waals surface area contributed by atoms with E-state index in [9.17, 15) is 8.78 Å². The van der Waals surface area contributed by atoms with Crippen molar-refractivity contribution in [3.63, 3.8) is 0 Å². The second kappa shape index (κ2) is 11.2. The number of aromatic amines is 1. The van der Waals surface area contributed by atoms with Crippen molar-refractivity contribution in [2.24, 2.45) is 0 Å². The Morgan fingerprint density at radius 2 is 1.53 bits per heavy atom. The van der Waals surface area contributed by atoms with Crippen LogP contribution < -0.4 is 4.90 Å². The second-order valence-corrected chi connectivity index (χ2v) is 9.11. The Kier molecular flexibility index (Phi) is 7.99. The number of pyridine rings is 2. The summed E-state index contributed by atoms with van der Waals surface area (Å²) in [5, 5.41) is 1.21. The minimum Gasteiger partial charge on any atom is -0.354 e. The maximum Gasteiger partial charge on any atom is 0.251 e. The maximum absolute atomic E-state index is 12.6. The fourth-order valence-electron chi connectivity index (χ4n) is 4.88. The molecule has 1 N–H and O–H groups in total. The molecule has 1 saturated heterocycles. The predicted molar refractivity (Wildman–Crippen MR) is 145 cm³/mol. The van der Waals surface area contributed by atoms with Crippen LogP contribution in [-0.2, 0) is 0 Å². The van der Waals surface area contributed by atoms with Gasteiger partial charge in [0, 0.05) is 71.5 Å². The third-order valence-corrected chi connectivity index (χ3v) is 6.60. The molecule has 0 aliphatic carbocycles. The number of hydrogen-bond donors (Lipinski definition) is 1. The lowest BCUT2D eigenvalue weighted by molar-refractivity contribution is 0.0854. The molecule has 0 amide bonds. The standard InChI is InChI=1S/C27H29F2N5.C2H6/c1-17-12-22(13-18(2)31-17)27-19(3)23-6-4-20(14-24(23)32-27)21-5-7-26(30-15-21)34-10-8-33(9-11-34)16-25(28)29;1-2/h4-7,12-15,25,32H,8-11,16H2,1-3H3;1-2H3. The van der Waals surface area contributed by atoms with E-state index in [1.807, 2.05) is 44.9 Å². The third kappa shape index (κ3) is 5.57. The number of piperazine rings is 1. The van der Waals surface area contributed by atoms with Crippen LogP contribution in [0.1, 0.15) is 30.8 Å². The van der Waals surface area contributed by atoms with Gasteiger partial charge in [0.2, 0.25) is 0 Å². The molecule has 0 saturated carbocycles. The van der Waals surface area contributed by atoms with Gasteiger partial charge < -0.3 is 9.88 Å². The van der Waals surface area contributed by atoms with Gasteiger partial charge in [0.25, 0.3) is 6.43 Å². The van der Waals surface area contributed by atoms with Crippen molar-refractivity contribution in [2.45, 2.75) is 41.0 Å². The summed E-state index contributed by atoms with van der Waals surface area (Å²) in [5.74, 6) is 0.892. The average Bonchev–Trinajstić information content (AvgIpc) is 3.21. The van der Waals surface area contributed by atoms with Crippen LogP contribution in [-0.4, -0.2) is 59.0 Å². The Morgan fingerprint density at radius 3 is 2.14 bits per heavy atom. The summed E-state index contributed by atoms with van der Waals surface area (Å²) < 4.78 is 25.2. The number of benzene rings is 1. The van der Waals surface area contributed by atoms with Crippen molar-refractivity contribution in [3.05, 3.63) is 65.6 Å². The minimum atomic E-state index is -2.28. The highest BCUT2D eigenvalue weighted by atomic mass is 19.3. The lowest BCUT2D eigenvalue weighted by Crippen LogP contribution is -2.48. The monoisotopic (exact) mass is 491 g/mol. The number of nitrogens with zero attached hydrogens (tertiary/aromatic N) is 4. The summed E-state index contributed by atoms with van der Waals surface area (Å²) in [6.07, 6.45) is -0.382. The molecule has 7 heteroatoms. The summed E-state index contributed by atoms with van der Waals surface area (Å²) in [6, 6.07) is 14.8. The van der Waals surface area contributed by atoms with E-state index in [0.29, 0.717) is 26.2 Å². The van der Waals surface area contributed by atoms with Gasteiger partial charge in [0.05, 0.1) is 6.54 Å². The van der Waals surface area contributed by atoms with Gasteiger partial charge in [0.15, 0.2) is 0 Å². The highest BCUT2D eigenvalue weighted by molar-refractivity contribution is 5.93. The van der Waals surface area contributed by atoms with E-state index < -0.39 is 6.43 Å². The smallest absolute Gasteiger partial charge is 0.251 e. The molecule has 0 radical (unpaired) electrons. The summed E-state index contributed by atoms with van der Waals surface area (Å²) in [5.41, 5.74) is 8.77. The maximum atomic E-state index is 12.6. The van der Waals surface area contributed by atoms with E-state index in [0.717, 1.165) is 45.1 Å². The summed E-state index contributed by atoms with van der Waals surface area (Å²) in [6.45, 7) is 12.7. The third-order valence-electron chi connectivity index (χ3n) is 6.60. The van der Waals surface area contributed by atoms with Crippen LogP contribution in [0.2, 0.25) is 0 Å². The Morgan fingerprint density at radius 1 is 0.861 bits per heavy atom. The lowest BCUT2D eigenvalue weighted by atomic mass is 10.0. The number of nitrogens with one attached hydrogen (secondary N) is 1. The van der Waals surface area contributed by atoms with Crippen LogP contribution in [0, 0.1) is 20.8 Å². The first kappa shape index (κ1) is 25.8. The van der Waals surface area contributed by atoms with Gasteiger partial charge in [0.1, 0.15) is 5.82 Å². The number of halogens is 2. The van der Waals surface area contributed by atoms with Crippen molar-refractivity contribution < 1.29 is 8.78 Å². The number of hydrogen-bond acceptors (Lipinski definition) is 4. The van der Waals surface area contributed by atoms with Crippen LogP contribution in [0.4, 0.5) is 14.6 Å². The first-order valence-electron chi connectivity index (χ1n) is 12.7. The van der Waals surface area contributed by atoms with E-state index in [1.165, 1.54) is 10.9 Å². The van der Waals surface area contributed by atoms with Gasteiger partial charge in [-0.2, -0.15) is 0 Å². The molecule has 3 aromatic heterocycles. The van der Waals surface area contributed by atoms with Crippen LogP contribution in [0.25, 0.3) is 33.3 Å². The van der Waals surface area contributed by atoms with Crippen LogP contribution in [0.5, 0.6) is 0 Å². The molecular formula is C29H35F2N5. The van der Waals surface area contributed by atoms with E-state index in [2.05, 4.69) is 63.2 Å². The van der Waals surface area contributed by atoms with Gasteiger partial charge in [-0.15, -0.1) is 0 Å². The van der Waals surface area contributed by atoms with Gasteiger partial charge in [-0.25, -0.2) is 13.8 Å². The van der Waals surface area contributed by atoms with Gasteiger partial charge in [-0.1, -0.05) is 26.0 Å². The van der Waals surface area contributed by atoms with Gasteiger partial charge in [-0.05, 0) is 62.2 Å². The van der Waals surface area contributed by atoms with Crippen molar-refractivity contribution in [3.8, 4) is 22.4 Å².